The Morgan fingerprint density at radius 2 is 1.82 bits per heavy atom. The van der Waals surface area contributed by atoms with Gasteiger partial charge in [0.1, 0.15) is 0 Å². The van der Waals surface area contributed by atoms with Crippen molar-refractivity contribution in [2.75, 3.05) is 33.7 Å². The molecule has 2 atom stereocenters. The summed E-state index contributed by atoms with van der Waals surface area (Å²) < 4.78 is 0. The summed E-state index contributed by atoms with van der Waals surface area (Å²) in [5.74, 6) is 0.777. The highest BCUT2D eigenvalue weighted by Gasteiger charge is 2.30. The maximum Gasteiger partial charge on any atom is 0.0710 e. The lowest BCUT2D eigenvalue weighted by Gasteiger charge is -2.41. The van der Waals surface area contributed by atoms with Gasteiger partial charge < -0.3 is 10.0 Å². The van der Waals surface area contributed by atoms with Gasteiger partial charge in [0.2, 0.25) is 0 Å². The number of aliphatic hydroxyl groups is 1. The van der Waals surface area contributed by atoms with Gasteiger partial charge in [-0.25, -0.2) is 0 Å². The highest BCUT2D eigenvalue weighted by Crippen LogP contribution is 2.28. The number of hydrogen-bond acceptors (Lipinski definition) is 3. The fourth-order valence-electron chi connectivity index (χ4n) is 3.38. The first kappa shape index (κ1) is 13.3. The molecule has 0 aromatic carbocycles. The third-order valence-electron chi connectivity index (χ3n) is 4.64. The van der Waals surface area contributed by atoms with Gasteiger partial charge in [-0.2, -0.15) is 0 Å². The van der Waals surface area contributed by atoms with Crippen LogP contribution in [0.4, 0.5) is 0 Å². The smallest absolute Gasteiger partial charge is 0.0710 e. The molecule has 2 aliphatic rings. The number of aliphatic hydroxyl groups excluding tert-OH is 1. The zero-order valence-electron chi connectivity index (χ0n) is 11.4. The Balaban J connectivity index is 1.82. The fraction of sp³-hybridized carbons (Fsp3) is 1.00. The summed E-state index contributed by atoms with van der Waals surface area (Å²) in [5.41, 5.74) is 0. The summed E-state index contributed by atoms with van der Waals surface area (Å²) in [7, 11) is 4.31. The van der Waals surface area contributed by atoms with E-state index in [1.165, 1.54) is 32.1 Å². The average Bonchev–Trinajstić information content (AvgIpc) is 2.33. The third-order valence-corrected chi connectivity index (χ3v) is 4.64. The molecular weight excluding hydrogens is 212 g/mol. The molecular formula is C14H28N2O. The zero-order valence-corrected chi connectivity index (χ0v) is 11.4. The third kappa shape index (κ3) is 3.67. The van der Waals surface area contributed by atoms with Gasteiger partial charge in [-0.3, -0.25) is 4.90 Å². The topological polar surface area (TPSA) is 26.7 Å². The molecule has 2 fully saturated rings. The molecule has 0 aromatic heterocycles. The van der Waals surface area contributed by atoms with Gasteiger partial charge in [-0.1, -0.05) is 32.1 Å². The second-order valence-electron chi connectivity index (χ2n) is 6.12. The number of likely N-dealkylation sites (N-methyl/N-ethyl adjacent to an activating group) is 2. The lowest BCUT2D eigenvalue weighted by Crippen LogP contribution is -2.55. The molecule has 1 heterocycles. The van der Waals surface area contributed by atoms with Crippen LogP contribution in [0.1, 0.15) is 38.5 Å². The fourth-order valence-corrected chi connectivity index (χ4v) is 3.38. The lowest BCUT2D eigenvalue weighted by atomic mass is 9.84. The number of rotatable bonds is 3. The van der Waals surface area contributed by atoms with Gasteiger partial charge in [0, 0.05) is 25.7 Å². The predicted molar refractivity (Wildman–Crippen MR) is 71.1 cm³/mol. The van der Waals surface area contributed by atoms with Crippen LogP contribution >= 0.6 is 0 Å². The number of nitrogens with zero attached hydrogens (tertiary/aromatic N) is 2. The molecule has 3 heteroatoms. The van der Waals surface area contributed by atoms with Gasteiger partial charge in [0.25, 0.3) is 0 Å². The molecule has 0 spiro atoms. The second-order valence-corrected chi connectivity index (χ2v) is 6.12. The number of hydrogen-bond donors (Lipinski definition) is 1. The Labute approximate surface area is 106 Å². The molecule has 1 aliphatic heterocycles. The van der Waals surface area contributed by atoms with Gasteiger partial charge in [-0.05, 0) is 26.4 Å². The van der Waals surface area contributed by atoms with Crippen LogP contribution in [0, 0.1) is 5.92 Å². The van der Waals surface area contributed by atoms with Crippen LogP contribution < -0.4 is 0 Å². The Kier molecular flexibility index (Phi) is 4.83. The molecule has 0 radical (unpaired) electrons. The highest BCUT2D eigenvalue weighted by molar-refractivity contribution is 4.86. The van der Waals surface area contributed by atoms with Gasteiger partial charge in [-0.15, -0.1) is 0 Å². The van der Waals surface area contributed by atoms with Crippen LogP contribution in [0.25, 0.3) is 0 Å². The summed E-state index contributed by atoms with van der Waals surface area (Å²) in [6, 6.07) is 0.343. The molecule has 1 saturated heterocycles. The van der Waals surface area contributed by atoms with Crippen LogP contribution in [0.15, 0.2) is 0 Å². The van der Waals surface area contributed by atoms with Crippen molar-refractivity contribution in [3.63, 3.8) is 0 Å². The van der Waals surface area contributed by atoms with E-state index in [-0.39, 0.29) is 6.10 Å². The minimum Gasteiger partial charge on any atom is -0.391 e. The zero-order chi connectivity index (χ0) is 12.3. The summed E-state index contributed by atoms with van der Waals surface area (Å²) >= 11 is 0. The van der Waals surface area contributed by atoms with Gasteiger partial charge in [0.05, 0.1) is 6.10 Å². The van der Waals surface area contributed by atoms with E-state index in [0.29, 0.717) is 6.04 Å². The first-order valence-corrected chi connectivity index (χ1v) is 7.23. The molecule has 2 rings (SSSR count). The van der Waals surface area contributed by atoms with E-state index in [0.717, 1.165) is 32.0 Å². The first-order chi connectivity index (χ1) is 8.16. The Morgan fingerprint density at radius 1 is 1.12 bits per heavy atom. The molecule has 17 heavy (non-hydrogen) atoms. The van der Waals surface area contributed by atoms with Crippen LogP contribution in [0.2, 0.25) is 0 Å². The monoisotopic (exact) mass is 240 g/mol. The first-order valence-electron chi connectivity index (χ1n) is 7.23. The quantitative estimate of drug-likeness (QED) is 0.811. The average molecular weight is 240 g/mol. The van der Waals surface area contributed by atoms with Gasteiger partial charge in [0.15, 0.2) is 0 Å². The van der Waals surface area contributed by atoms with Crippen molar-refractivity contribution in [2.24, 2.45) is 5.92 Å². The Hall–Kier alpha value is -0.120. The van der Waals surface area contributed by atoms with Crippen molar-refractivity contribution < 1.29 is 5.11 Å². The Morgan fingerprint density at radius 3 is 2.53 bits per heavy atom. The van der Waals surface area contributed by atoms with Crippen LogP contribution in [0.5, 0.6) is 0 Å². The predicted octanol–water partition coefficient (Wildman–Crippen LogP) is 1.56. The maximum atomic E-state index is 10.4. The van der Waals surface area contributed by atoms with E-state index in [4.69, 9.17) is 0 Å². The molecule has 100 valence electrons. The molecule has 2 unspecified atom stereocenters. The van der Waals surface area contributed by atoms with E-state index in [1.807, 2.05) is 0 Å². The Bertz CT molecular complexity index is 228. The van der Waals surface area contributed by atoms with E-state index in [2.05, 4.69) is 23.9 Å². The van der Waals surface area contributed by atoms with Crippen molar-refractivity contribution in [1.29, 1.82) is 0 Å². The molecule has 0 aromatic rings. The van der Waals surface area contributed by atoms with Crippen molar-refractivity contribution in [2.45, 2.75) is 50.7 Å². The summed E-state index contributed by atoms with van der Waals surface area (Å²) in [4.78, 5) is 4.68. The van der Waals surface area contributed by atoms with Crippen LogP contribution in [0.3, 0.4) is 0 Å². The second kappa shape index (κ2) is 6.17. The van der Waals surface area contributed by atoms with E-state index < -0.39 is 0 Å². The number of piperazine rings is 1. The molecule has 3 nitrogen and oxygen atoms in total. The SMILES string of the molecule is CN1CCN(C)C(C(O)CC2CCCCC2)C1. The highest BCUT2D eigenvalue weighted by atomic mass is 16.3. The summed E-state index contributed by atoms with van der Waals surface area (Å²) in [5, 5.41) is 10.4. The van der Waals surface area contributed by atoms with Crippen molar-refractivity contribution in [3.8, 4) is 0 Å². The normalized spacial score (nSPS) is 31.6. The van der Waals surface area contributed by atoms with E-state index in [9.17, 15) is 5.11 Å². The maximum absolute atomic E-state index is 10.4. The molecule has 0 bridgehead atoms. The standard InChI is InChI=1S/C14H28N2O/c1-15-8-9-16(2)13(11-15)14(17)10-12-6-4-3-5-7-12/h12-14,17H,3-11H2,1-2H3. The lowest BCUT2D eigenvalue weighted by molar-refractivity contribution is 0.000348. The molecule has 1 saturated carbocycles. The molecule has 0 amide bonds. The van der Waals surface area contributed by atoms with Crippen molar-refractivity contribution in [3.05, 3.63) is 0 Å². The van der Waals surface area contributed by atoms with Crippen LogP contribution in [-0.2, 0) is 0 Å². The van der Waals surface area contributed by atoms with Crippen molar-refractivity contribution in [1.82, 2.24) is 9.80 Å². The van der Waals surface area contributed by atoms with E-state index in [1.54, 1.807) is 0 Å². The van der Waals surface area contributed by atoms with Crippen LogP contribution in [-0.4, -0.2) is 60.8 Å². The molecule has 1 aliphatic carbocycles. The van der Waals surface area contributed by atoms with Crippen molar-refractivity contribution >= 4 is 0 Å². The molecule has 1 N–H and O–H groups in total. The largest absolute Gasteiger partial charge is 0.391 e. The summed E-state index contributed by atoms with van der Waals surface area (Å²) in [6.07, 6.45) is 7.70. The minimum atomic E-state index is -0.133. The summed E-state index contributed by atoms with van der Waals surface area (Å²) in [6.45, 7) is 3.23. The minimum absolute atomic E-state index is 0.133. The van der Waals surface area contributed by atoms with Gasteiger partial charge >= 0.3 is 0 Å². The van der Waals surface area contributed by atoms with E-state index >= 15 is 0 Å².